The average Bonchev–Trinajstić information content (AvgIpc) is 3.61. The van der Waals surface area contributed by atoms with Crippen LogP contribution in [0, 0.1) is 5.82 Å². The molecule has 6 aromatic rings. The second kappa shape index (κ2) is 10.2. The highest BCUT2D eigenvalue weighted by molar-refractivity contribution is 5.94. The molecule has 0 fully saturated rings. The molecule has 41 heavy (non-hydrogen) atoms. The van der Waals surface area contributed by atoms with Gasteiger partial charge in [0.1, 0.15) is 12.0 Å². The number of hydrogen-bond acceptors (Lipinski definition) is 5. The monoisotopic (exact) mass is 540 g/mol. The molecule has 3 heterocycles. The number of carbonyl (C=O) groups excluding carboxylic acids is 1. The van der Waals surface area contributed by atoms with E-state index in [4.69, 9.17) is 0 Å². The fourth-order valence-corrected chi connectivity index (χ4v) is 5.29. The van der Waals surface area contributed by atoms with Crippen LogP contribution in [0.25, 0.3) is 33.2 Å². The summed E-state index contributed by atoms with van der Waals surface area (Å²) < 4.78 is 14.0. The number of para-hydroxylation sites is 1. The first-order valence-corrected chi connectivity index (χ1v) is 13.3. The van der Waals surface area contributed by atoms with Crippen molar-refractivity contribution in [3.63, 3.8) is 0 Å². The van der Waals surface area contributed by atoms with Crippen molar-refractivity contribution in [1.82, 2.24) is 15.2 Å². The molecular weight excluding hydrogens is 515 g/mol. The lowest BCUT2D eigenvalue weighted by Crippen LogP contribution is -2.14. The summed E-state index contributed by atoms with van der Waals surface area (Å²) >= 11 is 0. The molecule has 4 N–H and O–H groups in total. The molecule has 1 atom stereocenters. The van der Waals surface area contributed by atoms with Crippen LogP contribution < -0.4 is 16.0 Å². The Bertz CT molecular complexity index is 1900. The van der Waals surface area contributed by atoms with E-state index < -0.39 is 0 Å². The maximum atomic E-state index is 14.0. The van der Waals surface area contributed by atoms with Crippen LogP contribution in [0.4, 0.5) is 21.5 Å². The third-order valence-corrected chi connectivity index (χ3v) is 7.22. The summed E-state index contributed by atoms with van der Waals surface area (Å²) in [5.74, 6) is -0.373. The third-order valence-electron chi connectivity index (χ3n) is 7.22. The molecule has 200 valence electrons. The fraction of sp³-hybridized carbons (Fsp3) is 0.0606. The van der Waals surface area contributed by atoms with E-state index in [1.165, 1.54) is 12.1 Å². The molecule has 0 saturated carbocycles. The van der Waals surface area contributed by atoms with Gasteiger partial charge in [-0.3, -0.25) is 14.9 Å². The van der Waals surface area contributed by atoms with Crippen LogP contribution in [0.1, 0.15) is 17.4 Å². The molecule has 1 aliphatic rings. The molecule has 1 unspecified atom stereocenters. The molecule has 4 aromatic carbocycles. The number of halogens is 1. The minimum absolute atomic E-state index is 0.0988. The number of anilines is 3. The van der Waals surface area contributed by atoms with Crippen LogP contribution in [-0.2, 0) is 11.2 Å². The van der Waals surface area contributed by atoms with Gasteiger partial charge in [0.25, 0.3) is 0 Å². The van der Waals surface area contributed by atoms with Crippen molar-refractivity contribution in [2.75, 3.05) is 16.0 Å². The molecular formula is C33H25FN6O. The van der Waals surface area contributed by atoms with Crippen LogP contribution in [0.15, 0.2) is 109 Å². The van der Waals surface area contributed by atoms with Gasteiger partial charge >= 0.3 is 0 Å². The summed E-state index contributed by atoms with van der Waals surface area (Å²) in [7, 11) is 0. The predicted molar refractivity (Wildman–Crippen MR) is 160 cm³/mol. The van der Waals surface area contributed by atoms with E-state index in [0.29, 0.717) is 12.1 Å². The summed E-state index contributed by atoms with van der Waals surface area (Å²) in [5.41, 5.74) is 8.67. The molecule has 1 aliphatic heterocycles. The van der Waals surface area contributed by atoms with Crippen molar-refractivity contribution in [2.24, 2.45) is 0 Å². The number of rotatable bonds is 6. The number of H-pyrrole nitrogens is 1. The smallest absolute Gasteiger partial charge is 0.228 e. The fourth-order valence-electron chi connectivity index (χ4n) is 5.29. The summed E-state index contributed by atoms with van der Waals surface area (Å²) in [5, 5.41) is 18.7. The van der Waals surface area contributed by atoms with E-state index in [-0.39, 0.29) is 17.9 Å². The van der Waals surface area contributed by atoms with Gasteiger partial charge in [-0.1, -0.05) is 60.7 Å². The summed E-state index contributed by atoms with van der Waals surface area (Å²) in [4.78, 5) is 17.0. The first-order chi connectivity index (χ1) is 20.1. The number of hydrogen-bond donors (Lipinski definition) is 4. The number of aromatic amines is 1. The topological polar surface area (TPSA) is 94.7 Å². The van der Waals surface area contributed by atoms with Gasteiger partial charge in [-0.15, -0.1) is 0 Å². The molecule has 0 saturated heterocycles. The Hall–Kier alpha value is -5.50. The van der Waals surface area contributed by atoms with E-state index in [0.717, 1.165) is 55.8 Å². The lowest BCUT2D eigenvalue weighted by Gasteiger charge is -2.12. The van der Waals surface area contributed by atoms with Crippen molar-refractivity contribution in [2.45, 2.75) is 12.6 Å². The van der Waals surface area contributed by atoms with Crippen LogP contribution >= 0.6 is 0 Å². The van der Waals surface area contributed by atoms with Gasteiger partial charge in [-0.05, 0) is 53.1 Å². The zero-order valence-corrected chi connectivity index (χ0v) is 21.9. The van der Waals surface area contributed by atoms with E-state index in [1.54, 1.807) is 18.5 Å². The molecule has 0 spiro atoms. The largest absolute Gasteiger partial charge is 0.359 e. The average molecular weight is 541 g/mol. The first-order valence-electron chi connectivity index (χ1n) is 13.3. The Labute approximate surface area is 235 Å². The van der Waals surface area contributed by atoms with Crippen molar-refractivity contribution >= 4 is 33.9 Å². The second-order valence-corrected chi connectivity index (χ2v) is 10.0. The highest BCUT2D eigenvalue weighted by Gasteiger charge is 2.27. The highest BCUT2D eigenvalue weighted by Crippen LogP contribution is 2.43. The van der Waals surface area contributed by atoms with Crippen LogP contribution in [0.5, 0.6) is 0 Å². The maximum absolute atomic E-state index is 14.0. The van der Waals surface area contributed by atoms with Crippen LogP contribution in [-0.4, -0.2) is 21.1 Å². The molecule has 7 nitrogen and oxygen atoms in total. The lowest BCUT2D eigenvalue weighted by atomic mass is 10.0. The van der Waals surface area contributed by atoms with Crippen LogP contribution in [0.2, 0.25) is 0 Å². The molecule has 8 heteroatoms. The quantitative estimate of drug-likeness (QED) is 0.180. The Morgan fingerprint density at radius 1 is 0.829 bits per heavy atom. The van der Waals surface area contributed by atoms with E-state index in [9.17, 15) is 9.18 Å². The Morgan fingerprint density at radius 3 is 2.59 bits per heavy atom. The predicted octanol–water partition coefficient (Wildman–Crippen LogP) is 7.15. The minimum Gasteiger partial charge on any atom is -0.359 e. The van der Waals surface area contributed by atoms with Crippen molar-refractivity contribution in [3.8, 4) is 22.3 Å². The Balaban J connectivity index is 1.15. The van der Waals surface area contributed by atoms with E-state index >= 15 is 0 Å². The van der Waals surface area contributed by atoms with Gasteiger partial charge in [0.05, 0.1) is 40.9 Å². The number of fused-ring (bicyclic) bond motifs is 2. The van der Waals surface area contributed by atoms with Crippen LogP contribution in [0.3, 0.4) is 0 Å². The van der Waals surface area contributed by atoms with Crippen molar-refractivity contribution in [1.29, 1.82) is 0 Å². The standard InChI is InChI=1S/C33H25FN6O/c34-24-9-4-8-22(15-24)26-10-5-11-29-31(26)38-33(37-29)32-27-17-21(12-13-28(27)39-40-32)23-16-25(19-35-18-23)36-30(41)14-20-6-2-1-3-7-20/h1-13,15-19,33,37-38H,14H2,(H,36,41)(H,39,40). The van der Waals surface area contributed by atoms with Gasteiger partial charge in [-0.25, -0.2) is 4.39 Å². The molecule has 0 bridgehead atoms. The number of amides is 1. The lowest BCUT2D eigenvalue weighted by molar-refractivity contribution is -0.115. The normalized spacial score (nSPS) is 13.8. The number of nitrogens with one attached hydrogen (secondary N) is 4. The van der Waals surface area contributed by atoms with Gasteiger partial charge in [-0.2, -0.15) is 5.10 Å². The summed E-state index contributed by atoms with van der Waals surface area (Å²) in [6, 6.07) is 30.1. The summed E-state index contributed by atoms with van der Waals surface area (Å²) in [6.07, 6.45) is 3.45. The number of benzene rings is 4. The molecule has 0 aliphatic carbocycles. The number of pyridine rings is 1. The molecule has 0 radical (unpaired) electrons. The number of nitrogens with zero attached hydrogens (tertiary/aromatic N) is 2. The van der Waals surface area contributed by atoms with Gasteiger partial charge in [0.15, 0.2) is 0 Å². The van der Waals surface area contributed by atoms with Gasteiger partial charge in [0.2, 0.25) is 5.91 Å². The summed E-state index contributed by atoms with van der Waals surface area (Å²) in [6.45, 7) is 0. The Kier molecular flexibility index (Phi) is 6.13. The molecule has 7 rings (SSSR count). The van der Waals surface area contributed by atoms with Gasteiger partial charge < -0.3 is 16.0 Å². The third kappa shape index (κ3) is 4.87. The van der Waals surface area contributed by atoms with E-state index in [2.05, 4.69) is 37.2 Å². The molecule has 1 amide bonds. The number of aromatic nitrogens is 3. The maximum Gasteiger partial charge on any atom is 0.228 e. The Morgan fingerprint density at radius 2 is 1.71 bits per heavy atom. The van der Waals surface area contributed by atoms with Gasteiger partial charge in [0, 0.05) is 22.7 Å². The first kappa shape index (κ1) is 24.5. The van der Waals surface area contributed by atoms with Crippen molar-refractivity contribution in [3.05, 3.63) is 127 Å². The minimum atomic E-state index is -0.274. The van der Waals surface area contributed by atoms with E-state index in [1.807, 2.05) is 72.8 Å². The SMILES string of the molecule is O=C(Cc1ccccc1)Nc1cncc(-c2ccc3n[nH]c(C4Nc5cccc(-c6cccc(F)c6)c5N4)c3c2)c1. The highest BCUT2D eigenvalue weighted by atomic mass is 19.1. The zero-order valence-electron chi connectivity index (χ0n) is 21.9. The van der Waals surface area contributed by atoms with Crippen molar-refractivity contribution < 1.29 is 9.18 Å². The zero-order chi connectivity index (χ0) is 27.8. The number of carbonyl (C=O) groups is 1. The molecule has 2 aromatic heterocycles. The second-order valence-electron chi connectivity index (χ2n) is 10.0.